The van der Waals surface area contributed by atoms with Crippen LogP contribution >= 0.6 is 0 Å². The fourth-order valence-corrected chi connectivity index (χ4v) is 2.52. The summed E-state index contributed by atoms with van der Waals surface area (Å²) in [5.74, 6) is 0.940. The molecule has 1 heterocycles. The first-order valence-corrected chi connectivity index (χ1v) is 6.40. The van der Waals surface area contributed by atoms with Crippen molar-refractivity contribution in [3.63, 3.8) is 0 Å². The van der Waals surface area contributed by atoms with Crippen molar-refractivity contribution in [2.24, 2.45) is 5.41 Å². The summed E-state index contributed by atoms with van der Waals surface area (Å²) in [6, 6.07) is 5.90. The second-order valence-corrected chi connectivity index (χ2v) is 5.93. The van der Waals surface area contributed by atoms with E-state index >= 15 is 0 Å². The molecule has 0 saturated heterocycles. The van der Waals surface area contributed by atoms with E-state index in [1.54, 1.807) is 7.11 Å². The summed E-state index contributed by atoms with van der Waals surface area (Å²) < 4.78 is 10.9. The van der Waals surface area contributed by atoms with E-state index in [2.05, 4.69) is 20.8 Å². The largest absolute Gasteiger partial charge is 0.493 e. The minimum absolute atomic E-state index is 0.107. The van der Waals surface area contributed by atoms with E-state index in [0.29, 0.717) is 0 Å². The Hall–Kier alpha value is -1.06. The zero-order valence-corrected chi connectivity index (χ0v) is 11.6. The highest BCUT2D eigenvalue weighted by atomic mass is 16.5. The Bertz CT molecular complexity index is 420. The number of methoxy groups -OCH3 is 1. The normalized spacial score (nSPS) is 18.1. The van der Waals surface area contributed by atoms with Crippen LogP contribution < -0.4 is 4.74 Å². The van der Waals surface area contributed by atoms with Crippen LogP contribution in [0.2, 0.25) is 0 Å². The number of aliphatic hydroxyl groups excluding tert-OH is 1. The van der Waals surface area contributed by atoms with Crippen molar-refractivity contribution in [1.82, 2.24) is 0 Å². The quantitative estimate of drug-likeness (QED) is 0.896. The molecule has 0 aromatic heterocycles. The van der Waals surface area contributed by atoms with Gasteiger partial charge in [-0.25, -0.2) is 0 Å². The molecule has 2 rings (SSSR count). The number of ether oxygens (including phenoxy) is 2. The van der Waals surface area contributed by atoms with E-state index in [9.17, 15) is 5.11 Å². The van der Waals surface area contributed by atoms with Crippen molar-refractivity contribution >= 4 is 0 Å². The van der Waals surface area contributed by atoms with E-state index in [-0.39, 0.29) is 11.5 Å². The number of aliphatic hydroxyl groups is 1. The van der Waals surface area contributed by atoms with Gasteiger partial charge in [0.25, 0.3) is 0 Å². The second-order valence-electron chi connectivity index (χ2n) is 5.93. The van der Waals surface area contributed by atoms with Crippen LogP contribution in [0.5, 0.6) is 5.75 Å². The van der Waals surface area contributed by atoms with Crippen LogP contribution in [0.25, 0.3) is 0 Å². The van der Waals surface area contributed by atoms with Crippen LogP contribution in [0.1, 0.15) is 38.0 Å². The van der Waals surface area contributed by atoms with Crippen LogP contribution in [0, 0.1) is 5.41 Å². The summed E-state index contributed by atoms with van der Waals surface area (Å²) in [6.07, 6.45) is 0.0852. The van der Waals surface area contributed by atoms with Gasteiger partial charge >= 0.3 is 0 Å². The van der Waals surface area contributed by atoms with Gasteiger partial charge in [0.2, 0.25) is 0 Å². The third-order valence-electron chi connectivity index (χ3n) is 3.45. The van der Waals surface area contributed by atoms with Crippen LogP contribution in [-0.4, -0.2) is 24.9 Å². The molecule has 100 valence electrons. The van der Waals surface area contributed by atoms with Crippen LogP contribution in [0.4, 0.5) is 0 Å². The monoisotopic (exact) mass is 250 g/mol. The van der Waals surface area contributed by atoms with Gasteiger partial charge in [-0.1, -0.05) is 26.8 Å². The summed E-state index contributed by atoms with van der Waals surface area (Å²) in [7, 11) is 1.65. The van der Waals surface area contributed by atoms with Gasteiger partial charge in [0, 0.05) is 13.5 Å². The molecule has 0 fully saturated rings. The lowest BCUT2D eigenvalue weighted by atomic mass is 9.83. The highest BCUT2D eigenvalue weighted by Crippen LogP contribution is 2.35. The predicted molar refractivity (Wildman–Crippen MR) is 70.9 cm³/mol. The van der Waals surface area contributed by atoms with Crippen molar-refractivity contribution < 1.29 is 14.6 Å². The number of hydrogen-bond acceptors (Lipinski definition) is 3. The number of fused-ring (bicyclic) bond motifs is 1. The van der Waals surface area contributed by atoms with Gasteiger partial charge in [-0.2, -0.15) is 0 Å². The van der Waals surface area contributed by atoms with E-state index in [0.717, 1.165) is 24.3 Å². The molecule has 0 amide bonds. The fraction of sp³-hybridized carbons (Fsp3) is 0.600. The second kappa shape index (κ2) is 4.90. The topological polar surface area (TPSA) is 38.7 Å². The van der Waals surface area contributed by atoms with Crippen LogP contribution in [0.15, 0.2) is 18.2 Å². The SMILES string of the molecule is COC(C(O)c1ccc2c(c1)CCO2)C(C)(C)C. The molecule has 1 aliphatic heterocycles. The number of hydrogen-bond donors (Lipinski definition) is 1. The van der Waals surface area contributed by atoms with E-state index in [1.807, 2.05) is 18.2 Å². The van der Waals surface area contributed by atoms with Crippen molar-refractivity contribution in [2.75, 3.05) is 13.7 Å². The Morgan fingerprint density at radius 3 is 2.67 bits per heavy atom. The molecule has 18 heavy (non-hydrogen) atoms. The molecule has 1 N–H and O–H groups in total. The molecular weight excluding hydrogens is 228 g/mol. The molecule has 1 aliphatic rings. The maximum absolute atomic E-state index is 10.5. The summed E-state index contributed by atoms with van der Waals surface area (Å²) in [4.78, 5) is 0. The highest BCUT2D eigenvalue weighted by molar-refractivity contribution is 5.40. The molecule has 1 aromatic carbocycles. The van der Waals surface area contributed by atoms with Crippen molar-refractivity contribution in [3.8, 4) is 5.75 Å². The van der Waals surface area contributed by atoms with E-state index in [4.69, 9.17) is 9.47 Å². The molecule has 0 spiro atoms. The first-order chi connectivity index (χ1) is 8.43. The fourth-order valence-electron chi connectivity index (χ4n) is 2.52. The smallest absolute Gasteiger partial charge is 0.122 e. The standard InChI is InChI=1S/C15H22O3/c1-15(2,3)14(17-4)13(16)11-5-6-12-10(9-11)7-8-18-12/h5-6,9,13-14,16H,7-8H2,1-4H3. The minimum Gasteiger partial charge on any atom is -0.493 e. The summed E-state index contributed by atoms with van der Waals surface area (Å²) in [5, 5.41) is 10.5. The Kier molecular flexibility index (Phi) is 3.64. The highest BCUT2D eigenvalue weighted by Gasteiger charge is 2.32. The lowest BCUT2D eigenvalue weighted by Crippen LogP contribution is -2.34. The van der Waals surface area contributed by atoms with Gasteiger partial charge in [0.15, 0.2) is 0 Å². The molecule has 0 saturated carbocycles. The molecule has 3 nitrogen and oxygen atoms in total. The van der Waals surface area contributed by atoms with Crippen molar-refractivity contribution in [3.05, 3.63) is 29.3 Å². The molecule has 3 heteroatoms. The van der Waals surface area contributed by atoms with Gasteiger partial charge in [-0.15, -0.1) is 0 Å². The van der Waals surface area contributed by atoms with Gasteiger partial charge in [0.05, 0.1) is 12.7 Å². The van der Waals surface area contributed by atoms with Crippen molar-refractivity contribution in [2.45, 2.75) is 39.4 Å². The Morgan fingerprint density at radius 2 is 2.06 bits per heavy atom. The van der Waals surface area contributed by atoms with Crippen molar-refractivity contribution in [1.29, 1.82) is 0 Å². The Balaban J connectivity index is 2.25. The summed E-state index contributed by atoms with van der Waals surface area (Å²) in [6.45, 7) is 6.95. The van der Waals surface area contributed by atoms with Gasteiger partial charge in [0.1, 0.15) is 11.9 Å². The molecule has 0 radical (unpaired) electrons. The zero-order chi connectivity index (χ0) is 13.3. The number of benzene rings is 1. The van der Waals surface area contributed by atoms with Gasteiger partial charge < -0.3 is 14.6 Å². The van der Waals surface area contributed by atoms with Crippen LogP contribution in [0.3, 0.4) is 0 Å². The average molecular weight is 250 g/mol. The lowest BCUT2D eigenvalue weighted by molar-refractivity contribution is -0.0724. The van der Waals surface area contributed by atoms with Gasteiger partial charge in [-0.3, -0.25) is 0 Å². The first kappa shape index (κ1) is 13.4. The third kappa shape index (κ3) is 2.52. The molecule has 0 bridgehead atoms. The van der Waals surface area contributed by atoms with Crippen LogP contribution in [-0.2, 0) is 11.2 Å². The maximum Gasteiger partial charge on any atom is 0.122 e. The Morgan fingerprint density at radius 1 is 1.33 bits per heavy atom. The number of rotatable bonds is 3. The summed E-state index contributed by atoms with van der Waals surface area (Å²) >= 11 is 0. The van der Waals surface area contributed by atoms with E-state index in [1.165, 1.54) is 5.56 Å². The third-order valence-corrected chi connectivity index (χ3v) is 3.45. The maximum atomic E-state index is 10.5. The molecule has 2 unspecified atom stereocenters. The zero-order valence-electron chi connectivity index (χ0n) is 11.6. The molecule has 2 atom stereocenters. The predicted octanol–water partition coefficient (Wildman–Crippen LogP) is 2.72. The minimum atomic E-state index is -0.610. The lowest BCUT2D eigenvalue weighted by Gasteiger charge is -2.33. The molecule has 1 aromatic rings. The van der Waals surface area contributed by atoms with E-state index < -0.39 is 6.10 Å². The summed E-state index contributed by atoms with van der Waals surface area (Å²) in [5.41, 5.74) is 1.97. The Labute approximate surface area is 109 Å². The average Bonchev–Trinajstić information content (AvgIpc) is 2.74. The first-order valence-electron chi connectivity index (χ1n) is 6.40. The molecule has 0 aliphatic carbocycles. The molecular formula is C15H22O3. The van der Waals surface area contributed by atoms with Gasteiger partial charge in [-0.05, 0) is 28.7 Å².